The molecule has 9 atom stereocenters. The van der Waals surface area contributed by atoms with Crippen molar-refractivity contribution in [2.75, 3.05) is 13.2 Å². The van der Waals surface area contributed by atoms with Gasteiger partial charge < -0.3 is 38.3 Å². The summed E-state index contributed by atoms with van der Waals surface area (Å²) in [6, 6.07) is 39.9. The Labute approximate surface area is 288 Å². The molecule has 2 heterocycles. The molecule has 0 radical (unpaired) electrons. The van der Waals surface area contributed by atoms with Crippen molar-refractivity contribution in [1.29, 1.82) is 0 Å². The molecule has 4 aromatic carbocycles. The Hall–Kier alpha value is -3.86. The second-order valence-corrected chi connectivity index (χ2v) is 12.8. The maximum Gasteiger partial charge on any atom is 0.184 e. The molecule has 0 amide bonds. The van der Waals surface area contributed by atoms with E-state index in [1.807, 2.05) is 127 Å². The van der Waals surface area contributed by atoms with Gasteiger partial charge in [-0.2, -0.15) is 0 Å². The number of fused-ring (bicyclic) bond motifs is 1. The van der Waals surface area contributed by atoms with Crippen LogP contribution in [0.25, 0.3) is 0 Å². The molecule has 8 heteroatoms. The molecule has 4 aromatic rings. The number of ether oxygens (including phenoxy) is 7. The van der Waals surface area contributed by atoms with E-state index in [9.17, 15) is 5.11 Å². The van der Waals surface area contributed by atoms with Crippen LogP contribution in [0.1, 0.15) is 35.0 Å². The molecule has 1 saturated heterocycles. The Balaban J connectivity index is 1.05. The zero-order valence-corrected chi connectivity index (χ0v) is 27.4. The minimum Gasteiger partial charge on any atom is -0.493 e. The third-order valence-electron chi connectivity index (χ3n) is 9.40. The number of rotatable bonds is 13. The monoisotopic (exact) mass is 664 g/mol. The normalized spacial score (nSPS) is 29.5. The Morgan fingerprint density at radius 3 is 1.80 bits per heavy atom. The van der Waals surface area contributed by atoms with Crippen LogP contribution in [0.2, 0.25) is 0 Å². The van der Waals surface area contributed by atoms with Crippen LogP contribution in [0.3, 0.4) is 0 Å². The Kier molecular flexibility index (Phi) is 11.5. The average molecular weight is 665 g/mol. The average Bonchev–Trinajstić information content (AvgIpc) is 3.17. The molecule has 1 N–H and O–H groups in total. The van der Waals surface area contributed by atoms with Gasteiger partial charge in [0.15, 0.2) is 6.29 Å². The topological polar surface area (TPSA) is 84.8 Å². The van der Waals surface area contributed by atoms with Crippen molar-refractivity contribution in [3.63, 3.8) is 0 Å². The van der Waals surface area contributed by atoms with Crippen LogP contribution >= 0.6 is 0 Å². The maximum absolute atomic E-state index is 11.8. The third-order valence-corrected chi connectivity index (χ3v) is 9.40. The number of hydrogen-bond donors (Lipinski definition) is 1. The molecule has 0 aromatic heterocycles. The fourth-order valence-electron chi connectivity index (χ4n) is 6.76. The van der Waals surface area contributed by atoms with Gasteiger partial charge in [0.2, 0.25) is 0 Å². The first-order valence-electron chi connectivity index (χ1n) is 17.1. The molecule has 0 bridgehead atoms. The van der Waals surface area contributed by atoms with Crippen molar-refractivity contribution in [3.05, 3.63) is 156 Å². The van der Waals surface area contributed by atoms with E-state index >= 15 is 0 Å². The standard InChI is InChI=1S/C41H44O8/c42-37-35(23-33-27-48-41(32-19-11-4-12-20-32)49-38(33)40(37)47-26-31-17-9-3-10-18-31)45-28-36-39(46-25-30-15-7-2-8-16-30)34(21-22-43-36)44-24-29-13-5-1-6-14-29/h1-22,33-42H,23-28H2/t33-,34-,35+,36-,37-,38-,39+,40-,41?/m1/s1. The number of benzene rings is 4. The van der Waals surface area contributed by atoms with E-state index in [0.29, 0.717) is 32.8 Å². The molecular formula is C41H44O8. The lowest BCUT2D eigenvalue weighted by molar-refractivity contribution is -0.304. The lowest BCUT2D eigenvalue weighted by Crippen LogP contribution is -2.59. The molecule has 1 saturated carbocycles. The summed E-state index contributed by atoms with van der Waals surface area (Å²) in [5, 5.41) is 11.8. The second-order valence-electron chi connectivity index (χ2n) is 12.8. The van der Waals surface area contributed by atoms with Crippen LogP contribution < -0.4 is 0 Å². The summed E-state index contributed by atoms with van der Waals surface area (Å²) in [4.78, 5) is 0. The van der Waals surface area contributed by atoms with Crippen molar-refractivity contribution in [1.82, 2.24) is 0 Å². The third kappa shape index (κ3) is 8.66. The van der Waals surface area contributed by atoms with Crippen LogP contribution in [0.4, 0.5) is 0 Å². The molecule has 2 fully saturated rings. The highest BCUT2D eigenvalue weighted by Gasteiger charge is 2.50. The van der Waals surface area contributed by atoms with Crippen molar-refractivity contribution in [3.8, 4) is 0 Å². The van der Waals surface area contributed by atoms with Crippen LogP contribution in [-0.2, 0) is 53.0 Å². The van der Waals surface area contributed by atoms with E-state index in [-0.39, 0.29) is 24.7 Å². The smallest absolute Gasteiger partial charge is 0.184 e. The number of aliphatic hydroxyl groups is 1. The first kappa shape index (κ1) is 33.6. The molecule has 3 aliphatic rings. The van der Waals surface area contributed by atoms with E-state index in [0.717, 1.165) is 22.3 Å². The Bertz CT molecular complexity index is 1570. The quantitative estimate of drug-likeness (QED) is 0.173. The number of aliphatic hydroxyl groups excluding tert-OH is 1. The van der Waals surface area contributed by atoms with Gasteiger partial charge in [0.1, 0.15) is 30.5 Å². The molecule has 49 heavy (non-hydrogen) atoms. The molecule has 8 nitrogen and oxygen atoms in total. The van der Waals surface area contributed by atoms with Gasteiger partial charge in [-0.15, -0.1) is 0 Å². The van der Waals surface area contributed by atoms with Crippen molar-refractivity contribution < 1.29 is 38.3 Å². The zero-order chi connectivity index (χ0) is 33.3. The minimum absolute atomic E-state index is 0.0339. The molecule has 256 valence electrons. The van der Waals surface area contributed by atoms with Gasteiger partial charge in [-0.1, -0.05) is 121 Å². The first-order chi connectivity index (χ1) is 24.2. The fourth-order valence-corrected chi connectivity index (χ4v) is 6.76. The summed E-state index contributed by atoms with van der Waals surface area (Å²) in [6.45, 7) is 1.82. The summed E-state index contributed by atoms with van der Waals surface area (Å²) < 4.78 is 44.7. The van der Waals surface area contributed by atoms with Crippen molar-refractivity contribution >= 4 is 0 Å². The van der Waals surface area contributed by atoms with Gasteiger partial charge in [0, 0.05) is 11.5 Å². The molecule has 1 unspecified atom stereocenters. The van der Waals surface area contributed by atoms with Crippen LogP contribution in [0.5, 0.6) is 0 Å². The predicted molar refractivity (Wildman–Crippen MR) is 183 cm³/mol. The highest BCUT2D eigenvalue weighted by molar-refractivity contribution is 5.18. The SMILES string of the molecule is O[C@H]1[C@@H](OCc2ccccc2)[C@@H]2OC(c3ccccc3)OC[C@H]2C[C@@H]1OC[C@H]1OC=C[C@@H](OCc2ccccc2)[C@@H]1OCc1ccccc1. The first-order valence-corrected chi connectivity index (χ1v) is 17.1. The van der Waals surface area contributed by atoms with E-state index < -0.39 is 36.8 Å². The zero-order valence-electron chi connectivity index (χ0n) is 27.4. The van der Waals surface area contributed by atoms with Gasteiger partial charge in [-0.3, -0.25) is 0 Å². The van der Waals surface area contributed by atoms with Gasteiger partial charge >= 0.3 is 0 Å². The van der Waals surface area contributed by atoms with Crippen molar-refractivity contribution in [2.45, 2.75) is 75.3 Å². The summed E-state index contributed by atoms with van der Waals surface area (Å²) in [5.41, 5.74) is 4.08. The summed E-state index contributed by atoms with van der Waals surface area (Å²) in [5.74, 6) is -0.0339. The van der Waals surface area contributed by atoms with E-state index in [4.69, 9.17) is 33.2 Å². The maximum atomic E-state index is 11.8. The van der Waals surface area contributed by atoms with Crippen molar-refractivity contribution in [2.24, 2.45) is 5.92 Å². The highest BCUT2D eigenvalue weighted by atomic mass is 16.7. The molecule has 1 aliphatic carbocycles. The molecule has 2 aliphatic heterocycles. The van der Waals surface area contributed by atoms with E-state index in [1.165, 1.54) is 0 Å². The Morgan fingerprint density at radius 1 is 0.633 bits per heavy atom. The highest BCUT2D eigenvalue weighted by Crippen LogP contribution is 2.40. The second kappa shape index (κ2) is 16.7. The van der Waals surface area contributed by atoms with Crippen LogP contribution in [0.15, 0.2) is 134 Å². The minimum atomic E-state index is -0.938. The lowest BCUT2D eigenvalue weighted by atomic mass is 9.80. The van der Waals surface area contributed by atoms with Crippen LogP contribution in [0, 0.1) is 5.92 Å². The summed E-state index contributed by atoms with van der Waals surface area (Å²) in [7, 11) is 0. The van der Waals surface area contributed by atoms with Gasteiger partial charge in [-0.25, -0.2) is 0 Å². The summed E-state index contributed by atoms with van der Waals surface area (Å²) in [6.07, 6.45) is -0.169. The van der Waals surface area contributed by atoms with Gasteiger partial charge in [-0.05, 0) is 29.2 Å². The largest absolute Gasteiger partial charge is 0.493 e. The molecule has 0 spiro atoms. The van der Waals surface area contributed by atoms with E-state index in [1.54, 1.807) is 6.26 Å². The molecule has 7 rings (SSSR count). The predicted octanol–water partition coefficient (Wildman–Crippen LogP) is 6.54. The van der Waals surface area contributed by atoms with Gasteiger partial charge in [0.05, 0.1) is 51.5 Å². The molecular weight excluding hydrogens is 620 g/mol. The van der Waals surface area contributed by atoms with Gasteiger partial charge in [0.25, 0.3) is 0 Å². The van der Waals surface area contributed by atoms with Crippen LogP contribution in [-0.4, -0.2) is 61.0 Å². The lowest BCUT2D eigenvalue weighted by Gasteiger charge is -2.48. The summed E-state index contributed by atoms with van der Waals surface area (Å²) >= 11 is 0. The fraction of sp³-hybridized carbons (Fsp3) is 0.366. The number of hydrogen-bond acceptors (Lipinski definition) is 8. The van der Waals surface area contributed by atoms with E-state index in [2.05, 4.69) is 0 Å². The Morgan fingerprint density at radius 2 is 1.18 bits per heavy atom.